The average Bonchev–Trinajstić information content (AvgIpc) is 3.28. The largest absolute Gasteiger partial charge is 0.497 e. The van der Waals surface area contributed by atoms with Gasteiger partial charge < -0.3 is 14.5 Å². The minimum Gasteiger partial charge on any atom is -0.497 e. The molecule has 1 aliphatic carbocycles. The molecule has 1 aliphatic heterocycles. The van der Waals surface area contributed by atoms with E-state index in [1.54, 1.807) is 7.11 Å². The molecule has 33 heavy (non-hydrogen) atoms. The fourth-order valence-electron chi connectivity index (χ4n) is 4.75. The van der Waals surface area contributed by atoms with Gasteiger partial charge in [0.15, 0.2) is 11.5 Å². The van der Waals surface area contributed by atoms with Gasteiger partial charge in [0, 0.05) is 43.0 Å². The van der Waals surface area contributed by atoms with E-state index in [1.807, 2.05) is 57.8 Å². The molecule has 0 unspecified atom stereocenters. The van der Waals surface area contributed by atoms with Crippen LogP contribution in [0.2, 0.25) is 0 Å². The third-order valence-corrected chi connectivity index (χ3v) is 6.91. The first-order valence-corrected chi connectivity index (χ1v) is 11.5. The highest BCUT2D eigenvalue weighted by molar-refractivity contribution is 5.93. The van der Waals surface area contributed by atoms with Crippen molar-refractivity contribution in [1.82, 2.24) is 24.5 Å². The van der Waals surface area contributed by atoms with E-state index in [4.69, 9.17) is 9.72 Å². The number of aromatic nitrogens is 4. The predicted octanol–water partition coefficient (Wildman–Crippen LogP) is 3.40. The molecule has 168 valence electrons. The number of benzene rings is 2. The molecule has 8 heteroatoms. The molecule has 0 spiro atoms. The Balaban J connectivity index is 1.41. The number of rotatable bonds is 4. The number of amides is 1. The van der Waals surface area contributed by atoms with Crippen LogP contribution in [0.25, 0.3) is 27.9 Å². The maximum atomic E-state index is 12.7. The number of hydrogen-bond donors (Lipinski definition) is 0. The molecule has 0 N–H and O–H groups in total. The number of carbonyl (C=O) groups excluding carboxylic acids is 1. The maximum Gasteiger partial charge on any atom is 0.225 e. The van der Waals surface area contributed by atoms with Crippen molar-refractivity contribution in [3.63, 3.8) is 0 Å². The van der Waals surface area contributed by atoms with Gasteiger partial charge in [0.25, 0.3) is 0 Å². The van der Waals surface area contributed by atoms with Gasteiger partial charge >= 0.3 is 0 Å². The molecule has 1 saturated heterocycles. The van der Waals surface area contributed by atoms with E-state index in [0.717, 1.165) is 65.6 Å². The third-order valence-electron chi connectivity index (χ3n) is 6.91. The Hall–Kier alpha value is -3.68. The van der Waals surface area contributed by atoms with Crippen LogP contribution in [0.1, 0.15) is 19.3 Å². The lowest BCUT2D eigenvalue weighted by molar-refractivity contribution is -0.138. The van der Waals surface area contributed by atoms with Crippen molar-refractivity contribution < 1.29 is 9.53 Å². The van der Waals surface area contributed by atoms with Crippen LogP contribution in [0.15, 0.2) is 48.5 Å². The van der Waals surface area contributed by atoms with E-state index >= 15 is 0 Å². The minimum absolute atomic E-state index is 0.238. The van der Waals surface area contributed by atoms with E-state index in [0.29, 0.717) is 19.0 Å². The fourth-order valence-corrected chi connectivity index (χ4v) is 4.75. The van der Waals surface area contributed by atoms with Crippen LogP contribution in [0.5, 0.6) is 5.75 Å². The Morgan fingerprint density at radius 2 is 1.73 bits per heavy atom. The standard InChI is InChI=1S/C25H26N6O2/c1-33-19-11-9-17(10-12-19)22-27-28-23-20-7-2-3-8-21(20)26-25(31(22)23)30-15-13-29(14-16-30)24(32)18-5-4-6-18/h2-3,7-12,18H,4-6,13-16H2,1H3. The molecule has 0 atom stereocenters. The number of ether oxygens (including phenoxy) is 1. The molecule has 4 aromatic rings. The second-order valence-corrected chi connectivity index (χ2v) is 8.78. The van der Waals surface area contributed by atoms with Crippen LogP contribution >= 0.6 is 0 Å². The molecular formula is C25H26N6O2. The van der Waals surface area contributed by atoms with Crippen molar-refractivity contribution in [3.8, 4) is 17.1 Å². The Labute approximate surface area is 191 Å². The molecule has 6 rings (SSSR count). The summed E-state index contributed by atoms with van der Waals surface area (Å²) in [5.41, 5.74) is 2.62. The SMILES string of the molecule is COc1ccc(-c2nnc3c4ccccc4nc(N4CCN(C(=O)C5CCC5)CC4)n23)cc1. The molecule has 1 amide bonds. The van der Waals surface area contributed by atoms with Crippen molar-refractivity contribution in [2.75, 3.05) is 38.2 Å². The van der Waals surface area contributed by atoms with Gasteiger partial charge in [0.2, 0.25) is 11.9 Å². The quantitative estimate of drug-likeness (QED) is 0.482. The molecule has 1 saturated carbocycles. The molecular weight excluding hydrogens is 416 g/mol. The number of hydrogen-bond acceptors (Lipinski definition) is 6. The molecule has 2 aromatic heterocycles. The highest BCUT2D eigenvalue weighted by Gasteiger charge is 2.32. The van der Waals surface area contributed by atoms with E-state index in [1.165, 1.54) is 6.42 Å². The number of para-hydroxylation sites is 1. The molecule has 8 nitrogen and oxygen atoms in total. The van der Waals surface area contributed by atoms with Gasteiger partial charge in [-0.2, -0.15) is 0 Å². The fraction of sp³-hybridized carbons (Fsp3) is 0.360. The van der Waals surface area contributed by atoms with Crippen LogP contribution < -0.4 is 9.64 Å². The van der Waals surface area contributed by atoms with Crippen molar-refractivity contribution in [1.29, 1.82) is 0 Å². The van der Waals surface area contributed by atoms with Gasteiger partial charge in [0.1, 0.15) is 5.75 Å². The number of anilines is 1. The van der Waals surface area contributed by atoms with Crippen LogP contribution in [0, 0.1) is 5.92 Å². The summed E-state index contributed by atoms with van der Waals surface area (Å²) in [4.78, 5) is 22.0. The summed E-state index contributed by atoms with van der Waals surface area (Å²) < 4.78 is 7.36. The first-order valence-electron chi connectivity index (χ1n) is 11.5. The first kappa shape index (κ1) is 20.0. The highest BCUT2D eigenvalue weighted by atomic mass is 16.5. The van der Waals surface area contributed by atoms with Crippen molar-refractivity contribution in [2.24, 2.45) is 5.92 Å². The van der Waals surface area contributed by atoms with Crippen LogP contribution in [0.4, 0.5) is 5.95 Å². The van der Waals surface area contributed by atoms with Crippen molar-refractivity contribution in [2.45, 2.75) is 19.3 Å². The van der Waals surface area contributed by atoms with Crippen molar-refractivity contribution in [3.05, 3.63) is 48.5 Å². The molecule has 0 bridgehead atoms. The number of carbonyl (C=O) groups is 1. The van der Waals surface area contributed by atoms with Gasteiger partial charge in [-0.05, 0) is 49.2 Å². The zero-order chi connectivity index (χ0) is 22.4. The Bertz CT molecular complexity index is 1320. The normalized spacial score (nSPS) is 16.9. The Kier molecular flexibility index (Phi) is 4.86. The number of fused-ring (bicyclic) bond motifs is 3. The van der Waals surface area contributed by atoms with Gasteiger partial charge in [-0.3, -0.25) is 4.79 Å². The lowest BCUT2D eigenvalue weighted by Gasteiger charge is -2.38. The monoisotopic (exact) mass is 442 g/mol. The van der Waals surface area contributed by atoms with Crippen LogP contribution in [-0.4, -0.2) is 63.7 Å². The zero-order valence-electron chi connectivity index (χ0n) is 18.6. The smallest absolute Gasteiger partial charge is 0.225 e. The van der Waals surface area contributed by atoms with E-state index in [-0.39, 0.29) is 5.92 Å². The average molecular weight is 443 g/mol. The second kappa shape index (κ2) is 8.03. The second-order valence-electron chi connectivity index (χ2n) is 8.78. The van der Waals surface area contributed by atoms with Crippen molar-refractivity contribution >= 4 is 28.4 Å². The first-order chi connectivity index (χ1) is 16.2. The number of nitrogens with zero attached hydrogens (tertiary/aromatic N) is 6. The summed E-state index contributed by atoms with van der Waals surface area (Å²) in [7, 11) is 1.66. The highest BCUT2D eigenvalue weighted by Crippen LogP contribution is 2.31. The number of piperazine rings is 1. The van der Waals surface area contributed by atoms with Gasteiger partial charge in [0.05, 0.1) is 12.6 Å². The van der Waals surface area contributed by atoms with Crippen LogP contribution in [0.3, 0.4) is 0 Å². The minimum atomic E-state index is 0.238. The molecule has 3 heterocycles. The van der Waals surface area contributed by atoms with Crippen LogP contribution in [-0.2, 0) is 4.79 Å². The predicted molar refractivity (Wildman–Crippen MR) is 126 cm³/mol. The van der Waals surface area contributed by atoms with Gasteiger partial charge in [-0.1, -0.05) is 18.6 Å². The van der Waals surface area contributed by atoms with E-state index in [2.05, 4.69) is 15.1 Å². The Morgan fingerprint density at radius 3 is 2.42 bits per heavy atom. The topological polar surface area (TPSA) is 75.9 Å². The lowest BCUT2D eigenvalue weighted by Crippen LogP contribution is -2.51. The van der Waals surface area contributed by atoms with Gasteiger partial charge in [-0.15, -0.1) is 10.2 Å². The molecule has 2 aliphatic rings. The summed E-state index contributed by atoms with van der Waals surface area (Å²) >= 11 is 0. The molecule has 2 fully saturated rings. The van der Waals surface area contributed by atoms with E-state index < -0.39 is 0 Å². The van der Waals surface area contributed by atoms with E-state index in [9.17, 15) is 4.79 Å². The summed E-state index contributed by atoms with van der Waals surface area (Å²) in [6, 6.07) is 15.9. The lowest BCUT2D eigenvalue weighted by atomic mass is 9.84. The number of methoxy groups -OCH3 is 1. The third kappa shape index (κ3) is 3.37. The summed E-state index contributed by atoms with van der Waals surface area (Å²) in [5, 5.41) is 10.1. The molecule has 0 radical (unpaired) electrons. The summed E-state index contributed by atoms with van der Waals surface area (Å²) in [6.07, 6.45) is 3.26. The maximum absolute atomic E-state index is 12.7. The zero-order valence-corrected chi connectivity index (χ0v) is 18.6. The Morgan fingerprint density at radius 1 is 0.970 bits per heavy atom. The van der Waals surface area contributed by atoms with Gasteiger partial charge in [-0.25, -0.2) is 9.38 Å². The summed E-state index contributed by atoms with van der Waals surface area (Å²) in [5.74, 6) is 2.91. The molecule has 2 aromatic carbocycles. The summed E-state index contributed by atoms with van der Waals surface area (Å²) in [6.45, 7) is 2.90.